The molecule has 3 rings (SSSR count). The minimum atomic E-state index is 0.460. The number of nitrogens with zero attached hydrogens (tertiary/aromatic N) is 1. The molecule has 1 aliphatic heterocycles. The van der Waals surface area contributed by atoms with Crippen molar-refractivity contribution in [1.82, 2.24) is 10.2 Å². The van der Waals surface area contributed by atoms with Crippen molar-refractivity contribution in [3.63, 3.8) is 0 Å². The Bertz CT molecular complexity index is 568. The third-order valence-corrected chi connectivity index (χ3v) is 4.81. The third-order valence-electron chi connectivity index (χ3n) is 4.09. The molecule has 0 amide bonds. The molecular weight excluding hydrogens is 371 g/mol. The fourth-order valence-corrected chi connectivity index (χ4v) is 3.35. The van der Waals surface area contributed by atoms with E-state index in [4.69, 9.17) is 0 Å². The van der Waals surface area contributed by atoms with Crippen LogP contribution in [0, 0.1) is 3.57 Å². The van der Waals surface area contributed by atoms with Gasteiger partial charge in [0.05, 0.1) is 0 Å². The second-order valence-electron chi connectivity index (χ2n) is 5.79. The third kappa shape index (κ3) is 3.84. The second-order valence-corrected chi connectivity index (χ2v) is 7.04. The molecule has 0 spiro atoms. The molecule has 110 valence electrons. The summed E-state index contributed by atoms with van der Waals surface area (Å²) in [6, 6.07) is 20.7. The number of hydrogen-bond acceptors (Lipinski definition) is 2. The van der Waals surface area contributed by atoms with Crippen LogP contribution in [0.15, 0.2) is 54.6 Å². The van der Waals surface area contributed by atoms with Gasteiger partial charge in [-0.05, 0) is 52.8 Å². The summed E-state index contributed by atoms with van der Waals surface area (Å²) in [5.41, 5.74) is 2.80. The number of benzene rings is 2. The van der Waals surface area contributed by atoms with Crippen LogP contribution >= 0.6 is 22.6 Å². The van der Waals surface area contributed by atoms with Gasteiger partial charge in [-0.3, -0.25) is 4.90 Å². The number of nitrogens with one attached hydrogen (secondary N) is 1. The molecule has 2 aromatic rings. The Morgan fingerprint density at radius 3 is 2.52 bits per heavy atom. The Kier molecular flexibility index (Phi) is 4.93. The molecule has 2 atom stereocenters. The molecule has 0 radical (unpaired) electrons. The first-order valence-corrected chi connectivity index (χ1v) is 8.57. The van der Waals surface area contributed by atoms with Gasteiger partial charge in [-0.2, -0.15) is 0 Å². The summed E-state index contributed by atoms with van der Waals surface area (Å²) in [4.78, 5) is 2.60. The summed E-state index contributed by atoms with van der Waals surface area (Å²) < 4.78 is 1.30. The smallest absolute Gasteiger partial charge is 0.0476 e. The van der Waals surface area contributed by atoms with Crippen LogP contribution in [0.4, 0.5) is 0 Å². The standard InChI is InChI=1S/C18H21IN2/c1-14-12-21(13-15-7-9-17(19)10-8-15)18(11-20-14)16-5-3-2-4-6-16/h2-10,14,18,20H,11-13H2,1H3. The molecule has 2 nitrogen and oxygen atoms in total. The van der Waals surface area contributed by atoms with Crippen molar-refractivity contribution < 1.29 is 0 Å². The Labute approximate surface area is 140 Å². The molecule has 21 heavy (non-hydrogen) atoms. The molecule has 1 aliphatic rings. The Morgan fingerprint density at radius 2 is 1.81 bits per heavy atom. The molecule has 1 fully saturated rings. The van der Waals surface area contributed by atoms with E-state index < -0.39 is 0 Å². The molecule has 0 aliphatic carbocycles. The normalized spacial score (nSPS) is 23.1. The van der Waals surface area contributed by atoms with E-state index in [9.17, 15) is 0 Å². The van der Waals surface area contributed by atoms with Crippen molar-refractivity contribution >= 4 is 22.6 Å². The van der Waals surface area contributed by atoms with E-state index >= 15 is 0 Å². The number of halogens is 1. The van der Waals surface area contributed by atoms with E-state index in [-0.39, 0.29) is 0 Å². The Hall–Kier alpha value is -0.910. The Balaban J connectivity index is 1.80. The van der Waals surface area contributed by atoms with Gasteiger partial charge in [0.25, 0.3) is 0 Å². The van der Waals surface area contributed by atoms with Gasteiger partial charge in [-0.15, -0.1) is 0 Å². The highest BCUT2D eigenvalue weighted by atomic mass is 127. The van der Waals surface area contributed by atoms with Gasteiger partial charge in [0.2, 0.25) is 0 Å². The molecule has 0 bridgehead atoms. The average Bonchev–Trinajstić information content (AvgIpc) is 2.51. The van der Waals surface area contributed by atoms with Crippen molar-refractivity contribution in [3.05, 3.63) is 69.3 Å². The van der Waals surface area contributed by atoms with E-state index in [0.717, 1.165) is 19.6 Å². The van der Waals surface area contributed by atoms with E-state index in [1.165, 1.54) is 14.7 Å². The molecule has 1 saturated heterocycles. The van der Waals surface area contributed by atoms with E-state index in [1.54, 1.807) is 0 Å². The minimum absolute atomic E-state index is 0.460. The van der Waals surface area contributed by atoms with E-state index in [2.05, 4.69) is 94.3 Å². The van der Waals surface area contributed by atoms with E-state index in [0.29, 0.717) is 12.1 Å². The molecule has 0 aromatic heterocycles. The first-order valence-electron chi connectivity index (χ1n) is 7.49. The van der Waals surface area contributed by atoms with Crippen LogP contribution in [0.1, 0.15) is 24.1 Å². The number of hydrogen-bond donors (Lipinski definition) is 1. The molecule has 0 saturated carbocycles. The van der Waals surface area contributed by atoms with Gasteiger partial charge in [-0.25, -0.2) is 0 Å². The topological polar surface area (TPSA) is 15.3 Å². The highest BCUT2D eigenvalue weighted by Crippen LogP contribution is 2.25. The van der Waals surface area contributed by atoms with Crippen molar-refractivity contribution in [1.29, 1.82) is 0 Å². The van der Waals surface area contributed by atoms with Gasteiger partial charge >= 0.3 is 0 Å². The fraction of sp³-hybridized carbons (Fsp3) is 0.333. The van der Waals surface area contributed by atoms with Gasteiger partial charge < -0.3 is 5.32 Å². The van der Waals surface area contributed by atoms with Crippen LogP contribution in [0.3, 0.4) is 0 Å². The molecule has 1 N–H and O–H groups in total. The van der Waals surface area contributed by atoms with Gasteiger partial charge in [-0.1, -0.05) is 42.5 Å². The molecule has 2 unspecified atom stereocenters. The zero-order valence-electron chi connectivity index (χ0n) is 12.3. The summed E-state index contributed by atoms with van der Waals surface area (Å²) in [5.74, 6) is 0. The van der Waals surface area contributed by atoms with Gasteiger partial charge in [0, 0.05) is 35.3 Å². The maximum atomic E-state index is 3.61. The lowest BCUT2D eigenvalue weighted by atomic mass is 10.0. The van der Waals surface area contributed by atoms with Crippen molar-refractivity contribution in [2.75, 3.05) is 13.1 Å². The van der Waals surface area contributed by atoms with Crippen LogP contribution in [-0.2, 0) is 6.54 Å². The van der Waals surface area contributed by atoms with Crippen molar-refractivity contribution in [2.24, 2.45) is 0 Å². The first-order chi connectivity index (χ1) is 10.2. The SMILES string of the molecule is CC1CN(Cc2ccc(I)cc2)C(c2ccccc2)CN1. The van der Waals surface area contributed by atoms with Gasteiger partial charge in [0.1, 0.15) is 0 Å². The van der Waals surface area contributed by atoms with Crippen LogP contribution in [-0.4, -0.2) is 24.0 Å². The number of piperazine rings is 1. The van der Waals surface area contributed by atoms with Crippen LogP contribution in [0.2, 0.25) is 0 Å². The van der Waals surface area contributed by atoms with Crippen LogP contribution < -0.4 is 5.32 Å². The highest BCUT2D eigenvalue weighted by molar-refractivity contribution is 14.1. The lowest BCUT2D eigenvalue weighted by molar-refractivity contribution is 0.127. The van der Waals surface area contributed by atoms with Crippen molar-refractivity contribution in [3.8, 4) is 0 Å². The zero-order valence-corrected chi connectivity index (χ0v) is 14.5. The molecule has 1 heterocycles. The summed E-state index contributed by atoms with van der Waals surface area (Å²) in [6.07, 6.45) is 0. The summed E-state index contributed by atoms with van der Waals surface area (Å²) in [7, 11) is 0. The van der Waals surface area contributed by atoms with Crippen molar-refractivity contribution in [2.45, 2.75) is 25.6 Å². The molecular formula is C18H21IN2. The Morgan fingerprint density at radius 1 is 1.10 bits per heavy atom. The van der Waals surface area contributed by atoms with Crippen LogP contribution in [0.25, 0.3) is 0 Å². The fourth-order valence-electron chi connectivity index (χ4n) is 2.99. The highest BCUT2D eigenvalue weighted by Gasteiger charge is 2.26. The van der Waals surface area contributed by atoms with Crippen LogP contribution in [0.5, 0.6) is 0 Å². The largest absolute Gasteiger partial charge is 0.311 e. The lowest BCUT2D eigenvalue weighted by Gasteiger charge is -2.39. The zero-order chi connectivity index (χ0) is 14.7. The minimum Gasteiger partial charge on any atom is -0.311 e. The maximum Gasteiger partial charge on any atom is 0.0476 e. The average molecular weight is 392 g/mol. The monoisotopic (exact) mass is 392 g/mol. The predicted octanol–water partition coefficient (Wildman–Crippen LogP) is 3.83. The van der Waals surface area contributed by atoms with E-state index in [1.807, 2.05) is 0 Å². The first kappa shape index (κ1) is 15.0. The number of rotatable bonds is 3. The molecule has 2 aromatic carbocycles. The second kappa shape index (κ2) is 6.90. The lowest BCUT2D eigenvalue weighted by Crippen LogP contribution is -2.50. The predicted molar refractivity (Wildman–Crippen MR) is 96.2 cm³/mol. The summed E-state index contributed by atoms with van der Waals surface area (Å²) >= 11 is 2.36. The summed E-state index contributed by atoms with van der Waals surface area (Å²) in [5, 5.41) is 3.61. The maximum absolute atomic E-state index is 3.61. The quantitative estimate of drug-likeness (QED) is 0.799. The molecule has 3 heteroatoms. The summed E-state index contributed by atoms with van der Waals surface area (Å²) in [6.45, 7) is 5.39. The van der Waals surface area contributed by atoms with Gasteiger partial charge in [0.15, 0.2) is 0 Å².